The SMILES string of the molecule is C[Si]1(C)C2=CC(=O)C=CC2=Nc2ccc(O)c(-c3sc(I)cc3I)c21. The van der Waals surface area contributed by atoms with E-state index in [4.69, 9.17) is 4.99 Å². The number of rotatable bonds is 1. The molecular formula is C18H13I2NO2SSi. The van der Waals surface area contributed by atoms with Crippen LogP contribution >= 0.6 is 56.5 Å². The third-order valence-electron chi connectivity index (χ3n) is 4.55. The number of thiophene rings is 1. The molecule has 1 aromatic carbocycles. The van der Waals surface area contributed by atoms with E-state index in [0.717, 1.165) is 35.8 Å². The molecule has 3 nitrogen and oxygen atoms in total. The van der Waals surface area contributed by atoms with E-state index in [-0.39, 0.29) is 11.5 Å². The highest BCUT2D eigenvalue weighted by Crippen LogP contribution is 2.43. The number of ketones is 1. The van der Waals surface area contributed by atoms with E-state index in [1.54, 1.807) is 29.6 Å². The van der Waals surface area contributed by atoms with Crippen molar-refractivity contribution in [3.05, 3.63) is 48.1 Å². The van der Waals surface area contributed by atoms with Gasteiger partial charge in [-0.15, -0.1) is 11.3 Å². The van der Waals surface area contributed by atoms with Crippen molar-refractivity contribution in [2.45, 2.75) is 13.1 Å². The molecule has 126 valence electrons. The first-order valence-electron chi connectivity index (χ1n) is 7.64. The summed E-state index contributed by atoms with van der Waals surface area (Å²) < 4.78 is 2.31. The van der Waals surface area contributed by atoms with Crippen LogP contribution in [0, 0.1) is 6.45 Å². The Morgan fingerprint density at radius 1 is 1.20 bits per heavy atom. The number of hydrogen-bond acceptors (Lipinski definition) is 4. The molecular weight excluding hydrogens is 576 g/mol. The molecule has 1 aliphatic heterocycles. The number of nitrogens with zero attached hydrogens (tertiary/aromatic N) is 1. The average molecular weight is 589 g/mol. The highest BCUT2D eigenvalue weighted by atomic mass is 127. The van der Waals surface area contributed by atoms with Crippen LogP contribution < -0.4 is 5.19 Å². The van der Waals surface area contributed by atoms with Crippen LogP contribution in [-0.2, 0) is 4.79 Å². The van der Waals surface area contributed by atoms with Crippen LogP contribution in [0.3, 0.4) is 0 Å². The molecule has 2 heterocycles. The maximum atomic E-state index is 12.0. The maximum absolute atomic E-state index is 12.0. The number of carbonyl (C=O) groups excluding carboxylic acids is 1. The first kappa shape index (κ1) is 17.6. The fraction of sp³-hybridized carbons (Fsp3) is 0.111. The summed E-state index contributed by atoms with van der Waals surface area (Å²) in [5.74, 6) is 0.298. The minimum Gasteiger partial charge on any atom is -0.507 e. The number of hydrogen-bond donors (Lipinski definition) is 1. The van der Waals surface area contributed by atoms with E-state index in [1.807, 2.05) is 12.1 Å². The van der Waals surface area contributed by atoms with E-state index < -0.39 is 8.07 Å². The smallest absolute Gasteiger partial charge is 0.178 e. The number of phenolic OH excluding ortho intramolecular Hbond substituents is 1. The number of phenols is 1. The van der Waals surface area contributed by atoms with Crippen molar-refractivity contribution in [1.82, 2.24) is 0 Å². The molecule has 0 spiro atoms. The summed E-state index contributed by atoms with van der Waals surface area (Å²) in [6.07, 6.45) is 5.12. The number of fused-ring (bicyclic) bond motifs is 2. The van der Waals surface area contributed by atoms with Gasteiger partial charge in [-0.1, -0.05) is 13.1 Å². The second kappa shape index (κ2) is 6.14. The van der Waals surface area contributed by atoms with Gasteiger partial charge in [-0.2, -0.15) is 0 Å². The zero-order valence-electron chi connectivity index (χ0n) is 13.4. The van der Waals surface area contributed by atoms with Crippen LogP contribution in [-0.4, -0.2) is 24.7 Å². The molecule has 1 aliphatic carbocycles. The standard InChI is InChI=1S/C18H13I2NO2SSi/c1-25(2)14-7-9(22)3-4-11(14)21-12-5-6-13(23)16(18(12)25)17-10(19)8-15(20)24-17/h3-8,23H,1-2H3. The lowest BCUT2D eigenvalue weighted by Crippen LogP contribution is -2.50. The summed E-state index contributed by atoms with van der Waals surface area (Å²) in [6.45, 7) is 4.46. The third kappa shape index (κ3) is 2.79. The van der Waals surface area contributed by atoms with E-state index in [0.29, 0.717) is 0 Å². The Balaban J connectivity index is 2.08. The molecule has 0 saturated carbocycles. The Bertz CT molecular complexity index is 1030. The number of aromatic hydroxyl groups is 1. The van der Waals surface area contributed by atoms with Gasteiger partial charge in [0.15, 0.2) is 5.78 Å². The average Bonchev–Trinajstić information content (AvgIpc) is 2.87. The van der Waals surface area contributed by atoms with E-state index >= 15 is 0 Å². The van der Waals surface area contributed by atoms with Gasteiger partial charge in [0.1, 0.15) is 13.8 Å². The normalized spacial score (nSPS) is 17.7. The fourth-order valence-electron chi connectivity index (χ4n) is 3.43. The Morgan fingerprint density at radius 2 is 1.96 bits per heavy atom. The zero-order chi connectivity index (χ0) is 17.9. The molecule has 2 aliphatic rings. The highest BCUT2D eigenvalue weighted by Gasteiger charge is 2.40. The lowest BCUT2D eigenvalue weighted by atomic mass is 10.1. The molecule has 0 unspecified atom stereocenters. The zero-order valence-corrected chi connectivity index (χ0v) is 19.6. The van der Waals surface area contributed by atoms with Crippen LogP contribution in [0.5, 0.6) is 5.75 Å². The van der Waals surface area contributed by atoms with Gasteiger partial charge >= 0.3 is 0 Å². The molecule has 0 saturated heterocycles. The van der Waals surface area contributed by atoms with Crippen molar-refractivity contribution >= 4 is 87.0 Å². The Kier molecular flexibility index (Phi) is 4.32. The number of carbonyl (C=O) groups is 1. The summed E-state index contributed by atoms with van der Waals surface area (Å²) in [7, 11) is -2.19. The first-order valence-corrected chi connectivity index (χ1v) is 13.6. The number of halogens is 2. The third-order valence-corrected chi connectivity index (χ3v) is 11.2. The summed E-state index contributed by atoms with van der Waals surface area (Å²) in [5.41, 5.74) is 2.68. The molecule has 25 heavy (non-hydrogen) atoms. The second-order valence-electron chi connectivity index (χ2n) is 6.50. The molecule has 4 rings (SSSR count). The number of allylic oxidation sites excluding steroid dienone is 4. The lowest BCUT2D eigenvalue weighted by Gasteiger charge is -2.34. The van der Waals surface area contributed by atoms with Gasteiger partial charge in [0.2, 0.25) is 0 Å². The van der Waals surface area contributed by atoms with Crippen molar-refractivity contribution in [1.29, 1.82) is 0 Å². The van der Waals surface area contributed by atoms with Gasteiger partial charge in [0.05, 0.1) is 19.2 Å². The summed E-state index contributed by atoms with van der Waals surface area (Å²) in [4.78, 5) is 17.8. The van der Waals surface area contributed by atoms with E-state index in [9.17, 15) is 9.90 Å². The van der Waals surface area contributed by atoms with Crippen LogP contribution in [0.25, 0.3) is 10.4 Å². The quantitative estimate of drug-likeness (QED) is 0.292. The topological polar surface area (TPSA) is 49.7 Å². The van der Waals surface area contributed by atoms with Crippen molar-refractivity contribution in [2.75, 3.05) is 0 Å². The number of aliphatic imine (C=N–C) groups is 1. The first-order chi connectivity index (χ1) is 11.8. The summed E-state index contributed by atoms with van der Waals surface area (Å²) in [6, 6.07) is 5.75. The molecule has 0 radical (unpaired) electrons. The molecule has 0 bridgehead atoms. The van der Waals surface area contributed by atoms with Crippen LogP contribution in [0.4, 0.5) is 5.69 Å². The maximum Gasteiger partial charge on any atom is 0.178 e. The van der Waals surface area contributed by atoms with Crippen molar-refractivity contribution in [3.63, 3.8) is 0 Å². The summed E-state index contributed by atoms with van der Waals surface area (Å²) in [5, 5.41) is 12.9. The van der Waals surface area contributed by atoms with Crippen molar-refractivity contribution in [3.8, 4) is 16.2 Å². The van der Waals surface area contributed by atoms with Crippen LogP contribution in [0.15, 0.2) is 46.6 Å². The van der Waals surface area contributed by atoms with Gasteiger partial charge in [0, 0.05) is 9.13 Å². The Morgan fingerprint density at radius 3 is 2.64 bits per heavy atom. The molecule has 1 aromatic heterocycles. The van der Waals surface area contributed by atoms with E-state index in [1.165, 1.54) is 2.88 Å². The largest absolute Gasteiger partial charge is 0.507 e. The number of benzene rings is 1. The summed E-state index contributed by atoms with van der Waals surface area (Å²) >= 11 is 6.31. The monoisotopic (exact) mass is 589 g/mol. The molecule has 0 amide bonds. The van der Waals surface area contributed by atoms with Gasteiger partial charge in [-0.05, 0) is 92.0 Å². The Hall–Kier alpha value is -0.783. The van der Waals surface area contributed by atoms with Crippen molar-refractivity contribution in [2.24, 2.45) is 4.99 Å². The van der Waals surface area contributed by atoms with Gasteiger partial charge in [-0.25, -0.2) is 4.99 Å². The second-order valence-corrected chi connectivity index (χ2v) is 14.9. The fourth-order valence-corrected chi connectivity index (χ4v) is 10.3. The minimum atomic E-state index is -2.19. The predicted octanol–water partition coefficient (Wildman–Crippen LogP) is 4.94. The van der Waals surface area contributed by atoms with E-state index in [2.05, 4.69) is 64.3 Å². The molecule has 1 N–H and O–H groups in total. The molecule has 7 heteroatoms. The predicted molar refractivity (Wildman–Crippen MR) is 123 cm³/mol. The lowest BCUT2D eigenvalue weighted by molar-refractivity contribution is -0.110. The van der Waals surface area contributed by atoms with Gasteiger partial charge in [-0.3, -0.25) is 4.79 Å². The van der Waals surface area contributed by atoms with Crippen LogP contribution in [0.2, 0.25) is 13.1 Å². The van der Waals surface area contributed by atoms with Crippen LogP contribution in [0.1, 0.15) is 0 Å². The molecule has 0 atom stereocenters. The molecule has 0 fully saturated rings. The van der Waals surface area contributed by atoms with Gasteiger partial charge in [0.25, 0.3) is 0 Å². The molecule has 2 aromatic rings. The Labute approximate surface area is 177 Å². The minimum absolute atomic E-state index is 0.0138. The van der Waals surface area contributed by atoms with Crippen molar-refractivity contribution < 1.29 is 9.90 Å². The highest BCUT2D eigenvalue weighted by molar-refractivity contribution is 14.1. The van der Waals surface area contributed by atoms with Gasteiger partial charge < -0.3 is 5.11 Å².